The molecule has 8 nitrogen and oxygen atoms in total. The number of rotatable bonds is 12. The van der Waals surface area contributed by atoms with Gasteiger partial charge >= 0.3 is 0 Å². The molecule has 1 N–H and O–H groups in total. The topological polar surface area (TPSA) is 103 Å². The zero-order valence-electron chi connectivity index (χ0n) is 19.7. The SMILES string of the molecule is O=C(CCCCSc1nnc(-c2ccc([N+](=O)[O-])cc2)n1-c1ccccc1)NCCc1ccccc1. The lowest BCUT2D eigenvalue weighted by molar-refractivity contribution is -0.384. The molecule has 0 aliphatic rings. The van der Waals surface area contributed by atoms with Crippen LogP contribution < -0.4 is 5.32 Å². The zero-order valence-corrected chi connectivity index (χ0v) is 20.6. The first-order valence-electron chi connectivity index (χ1n) is 11.8. The number of nitrogens with one attached hydrogen (secondary N) is 1. The second-order valence-electron chi connectivity index (χ2n) is 8.17. The van der Waals surface area contributed by atoms with Crippen molar-refractivity contribution in [1.29, 1.82) is 0 Å². The van der Waals surface area contributed by atoms with Crippen LogP contribution in [0.3, 0.4) is 0 Å². The zero-order chi connectivity index (χ0) is 25.2. The Bertz CT molecular complexity index is 1280. The summed E-state index contributed by atoms with van der Waals surface area (Å²) in [5.74, 6) is 1.49. The van der Waals surface area contributed by atoms with Gasteiger partial charge in [-0.1, -0.05) is 60.3 Å². The predicted octanol–water partition coefficient (Wildman–Crippen LogP) is 5.46. The maximum Gasteiger partial charge on any atom is 0.269 e. The molecule has 1 heterocycles. The summed E-state index contributed by atoms with van der Waals surface area (Å²) < 4.78 is 1.96. The van der Waals surface area contributed by atoms with Gasteiger partial charge in [0, 0.05) is 42.1 Å². The molecule has 4 aromatic rings. The molecule has 184 valence electrons. The van der Waals surface area contributed by atoms with Crippen LogP contribution in [-0.2, 0) is 11.2 Å². The van der Waals surface area contributed by atoms with Crippen molar-refractivity contribution in [2.24, 2.45) is 0 Å². The van der Waals surface area contributed by atoms with Gasteiger partial charge in [-0.05, 0) is 49.1 Å². The number of non-ortho nitro benzene ring substituents is 1. The second-order valence-corrected chi connectivity index (χ2v) is 9.23. The first-order valence-corrected chi connectivity index (χ1v) is 12.8. The second kappa shape index (κ2) is 12.6. The van der Waals surface area contributed by atoms with E-state index in [1.54, 1.807) is 23.9 Å². The fraction of sp³-hybridized carbons (Fsp3) is 0.222. The molecule has 0 unspecified atom stereocenters. The van der Waals surface area contributed by atoms with E-state index in [2.05, 4.69) is 27.6 Å². The molecule has 1 aromatic heterocycles. The summed E-state index contributed by atoms with van der Waals surface area (Å²) in [7, 11) is 0. The lowest BCUT2D eigenvalue weighted by Gasteiger charge is -2.10. The number of unbranched alkanes of at least 4 members (excludes halogenated alkanes) is 1. The first-order chi connectivity index (χ1) is 17.6. The number of carbonyl (C=O) groups is 1. The minimum atomic E-state index is -0.420. The summed E-state index contributed by atoms with van der Waals surface area (Å²) in [6.45, 7) is 0.642. The molecule has 0 saturated carbocycles. The van der Waals surface area contributed by atoms with Crippen LogP contribution in [0.15, 0.2) is 90.1 Å². The fourth-order valence-electron chi connectivity index (χ4n) is 3.72. The normalized spacial score (nSPS) is 10.8. The van der Waals surface area contributed by atoms with Gasteiger partial charge in [-0.25, -0.2) is 0 Å². The largest absolute Gasteiger partial charge is 0.356 e. The molecule has 0 spiro atoms. The van der Waals surface area contributed by atoms with E-state index in [0.29, 0.717) is 18.8 Å². The van der Waals surface area contributed by atoms with Gasteiger partial charge < -0.3 is 5.32 Å². The van der Waals surface area contributed by atoms with Crippen molar-refractivity contribution < 1.29 is 9.72 Å². The third-order valence-electron chi connectivity index (χ3n) is 5.59. The van der Waals surface area contributed by atoms with Gasteiger partial charge in [0.05, 0.1) is 4.92 Å². The Balaban J connectivity index is 1.32. The van der Waals surface area contributed by atoms with E-state index >= 15 is 0 Å². The highest BCUT2D eigenvalue weighted by Gasteiger charge is 2.17. The Morgan fingerprint density at radius 3 is 2.31 bits per heavy atom. The molecule has 0 aliphatic carbocycles. The summed E-state index contributed by atoms with van der Waals surface area (Å²) >= 11 is 1.58. The summed E-state index contributed by atoms with van der Waals surface area (Å²) in [6.07, 6.45) is 2.98. The van der Waals surface area contributed by atoms with Crippen molar-refractivity contribution in [2.45, 2.75) is 30.8 Å². The van der Waals surface area contributed by atoms with Crippen molar-refractivity contribution in [3.05, 3.63) is 101 Å². The highest BCUT2D eigenvalue weighted by molar-refractivity contribution is 7.99. The van der Waals surface area contributed by atoms with E-state index in [4.69, 9.17) is 0 Å². The molecule has 0 atom stereocenters. The number of nitro benzene ring substituents is 1. The first kappa shape index (κ1) is 25.1. The van der Waals surface area contributed by atoms with E-state index in [1.807, 2.05) is 53.1 Å². The molecule has 4 rings (SSSR count). The Labute approximate surface area is 213 Å². The molecule has 1 amide bonds. The highest BCUT2D eigenvalue weighted by atomic mass is 32.2. The van der Waals surface area contributed by atoms with Crippen LogP contribution in [0.1, 0.15) is 24.8 Å². The maximum absolute atomic E-state index is 12.1. The molecule has 9 heteroatoms. The van der Waals surface area contributed by atoms with Crippen LogP contribution >= 0.6 is 11.8 Å². The van der Waals surface area contributed by atoms with Gasteiger partial charge in [-0.3, -0.25) is 19.5 Å². The summed E-state index contributed by atoms with van der Waals surface area (Å²) in [5, 5.41) is 23.5. The van der Waals surface area contributed by atoms with Crippen LogP contribution in [0.4, 0.5) is 5.69 Å². The van der Waals surface area contributed by atoms with Crippen LogP contribution in [0.5, 0.6) is 0 Å². The minimum Gasteiger partial charge on any atom is -0.356 e. The van der Waals surface area contributed by atoms with Gasteiger partial charge in [0.15, 0.2) is 11.0 Å². The maximum atomic E-state index is 12.1. The Hall–Kier alpha value is -3.98. The number of benzene rings is 3. The number of aromatic nitrogens is 3. The number of hydrogen-bond donors (Lipinski definition) is 1. The van der Waals surface area contributed by atoms with E-state index in [0.717, 1.165) is 41.4 Å². The van der Waals surface area contributed by atoms with Crippen molar-refractivity contribution in [3.8, 4) is 17.1 Å². The van der Waals surface area contributed by atoms with Crippen LogP contribution in [0, 0.1) is 10.1 Å². The molecular weight excluding hydrogens is 474 g/mol. The van der Waals surface area contributed by atoms with E-state index in [9.17, 15) is 14.9 Å². The number of para-hydroxylation sites is 1. The Kier molecular flexibility index (Phi) is 8.82. The smallest absolute Gasteiger partial charge is 0.269 e. The van der Waals surface area contributed by atoms with Crippen molar-refractivity contribution in [2.75, 3.05) is 12.3 Å². The van der Waals surface area contributed by atoms with Crippen LogP contribution in [0.25, 0.3) is 17.1 Å². The number of carbonyl (C=O) groups excluding carboxylic acids is 1. The van der Waals surface area contributed by atoms with E-state index in [-0.39, 0.29) is 11.6 Å². The van der Waals surface area contributed by atoms with E-state index in [1.165, 1.54) is 17.7 Å². The van der Waals surface area contributed by atoms with Crippen molar-refractivity contribution in [1.82, 2.24) is 20.1 Å². The van der Waals surface area contributed by atoms with Gasteiger partial charge in [0.1, 0.15) is 0 Å². The average molecular weight is 502 g/mol. The summed E-state index contributed by atoms with van der Waals surface area (Å²) in [5.41, 5.74) is 2.90. The monoisotopic (exact) mass is 501 g/mol. The number of thioether (sulfide) groups is 1. The third kappa shape index (κ3) is 6.79. The predicted molar refractivity (Wildman–Crippen MR) is 141 cm³/mol. The molecule has 0 aliphatic heterocycles. The molecule has 3 aromatic carbocycles. The highest BCUT2D eigenvalue weighted by Crippen LogP contribution is 2.29. The van der Waals surface area contributed by atoms with Crippen LogP contribution in [-0.4, -0.2) is 37.9 Å². The lowest BCUT2D eigenvalue weighted by Crippen LogP contribution is -2.25. The Morgan fingerprint density at radius 1 is 0.917 bits per heavy atom. The average Bonchev–Trinajstić information content (AvgIpc) is 3.33. The van der Waals surface area contributed by atoms with Crippen LogP contribution in [0.2, 0.25) is 0 Å². The summed E-state index contributed by atoms with van der Waals surface area (Å²) in [6, 6.07) is 26.2. The quantitative estimate of drug-likeness (QED) is 0.120. The molecule has 0 fully saturated rings. The van der Waals surface area contributed by atoms with Crippen molar-refractivity contribution >= 4 is 23.4 Å². The summed E-state index contributed by atoms with van der Waals surface area (Å²) in [4.78, 5) is 22.7. The third-order valence-corrected chi connectivity index (χ3v) is 6.61. The standard InChI is InChI=1S/C27H27N5O3S/c33-25(28-19-18-21-9-3-1-4-10-21)13-7-8-20-36-27-30-29-26(31(27)23-11-5-2-6-12-23)22-14-16-24(17-15-22)32(34)35/h1-6,9-12,14-17H,7-8,13,18-20H2,(H,28,33). The molecule has 0 bridgehead atoms. The van der Waals surface area contributed by atoms with E-state index < -0.39 is 4.92 Å². The van der Waals surface area contributed by atoms with Gasteiger partial charge in [0.25, 0.3) is 5.69 Å². The van der Waals surface area contributed by atoms with Gasteiger partial charge in [-0.2, -0.15) is 0 Å². The van der Waals surface area contributed by atoms with Crippen molar-refractivity contribution in [3.63, 3.8) is 0 Å². The number of hydrogen-bond acceptors (Lipinski definition) is 6. The lowest BCUT2D eigenvalue weighted by atomic mass is 10.1. The molecule has 0 saturated heterocycles. The van der Waals surface area contributed by atoms with Gasteiger partial charge in [-0.15, -0.1) is 10.2 Å². The fourth-order valence-corrected chi connectivity index (χ4v) is 4.67. The molecule has 36 heavy (non-hydrogen) atoms. The molecule has 0 radical (unpaired) electrons. The Morgan fingerprint density at radius 2 is 1.61 bits per heavy atom. The number of amides is 1. The molecular formula is C27H27N5O3S. The number of nitro groups is 1. The minimum absolute atomic E-state index is 0.0308. The van der Waals surface area contributed by atoms with Gasteiger partial charge in [0.2, 0.25) is 5.91 Å². The number of nitrogens with zero attached hydrogens (tertiary/aromatic N) is 4.